The van der Waals surface area contributed by atoms with Crippen LogP contribution in [0.5, 0.6) is 11.5 Å². The van der Waals surface area contributed by atoms with Crippen molar-refractivity contribution in [3.8, 4) is 11.5 Å². The molecule has 0 bridgehead atoms. The Morgan fingerprint density at radius 2 is 1.62 bits per heavy atom. The molecule has 40 heavy (non-hydrogen) atoms. The largest absolute Gasteiger partial charge is 0.490 e. The average molecular weight is 578 g/mol. The summed E-state index contributed by atoms with van der Waals surface area (Å²) in [5.74, 6) is 0.693. The molecule has 0 saturated carbocycles. The van der Waals surface area contributed by atoms with Crippen molar-refractivity contribution in [2.24, 2.45) is 5.10 Å². The predicted molar refractivity (Wildman–Crippen MR) is 157 cm³/mol. The lowest BCUT2D eigenvalue weighted by Gasteiger charge is -2.19. The Balaban J connectivity index is 1.37. The van der Waals surface area contributed by atoms with Crippen LogP contribution in [0.1, 0.15) is 28.4 Å². The van der Waals surface area contributed by atoms with Gasteiger partial charge in [-0.1, -0.05) is 41.9 Å². The second-order valence-corrected chi connectivity index (χ2v) is 11.0. The predicted octanol–water partition coefficient (Wildman–Crippen LogP) is 5.91. The Kier molecular flexibility index (Phi) is 9.42. The van der Waals surface area contributed by atoms with Crippen molar-refractivity contribution in [3.63, 3.8) is 0 Å². The Bertz CT molecular complexity index is 1580. The van der Waals surface area contributed by atoms with Crippen LogP contribution in [0.4, 0.5) is 5.69 Å². The molecule has 0 aliphatic rings. The van der Waals surface area contributed by atoms with Crippen LogP contribution in [0.15, 0.2) is 107 Å². The zero-order chi connectivity index (χ0) is 28.5. The van der Waals surface area contributed by atoms with Crippen molar-refractivity contribution in [1.82, 2.24) is 5.43 Å². The Morgan fingerprint density at radius 1 is 0.925 bits per heavy atom. The SMILES string of the molecule is CCOc1cc(/C=N\NC(=O)c2ccc(N(C)S(=O)(=O)c3ccccc3)cc2)ccc1OCc1ccc(Cl)cc1. The number of carbonyl (C=O) groups excluding carboxylic acids is 1. The van der Waals surface area contributed by atoms with Crippen molar-refractivity contribution in [2.45, 2.75) is 18.4 Å². The third-order valence-corrected chi connectivity index (χ3v) is 7.90. The molecule has 0 aromatic heterocycles. The van der Waals surface area contributed by atoms with Crippen LogP contribution < -0.4 is 19.2 Å². The minimum atomic E-state index is -3.72. The Hall–Kier alpha value is -4.34. The number of rotatable bonds is 11. The highest BCUT2D eigenvalue weighted by Gasteiger charge is 2.21. The lowest BCUT2D eigenvalue weighted by atomic mass is 10.2. The highest BCUT2D eigenvalue weighted by molar-refractivity contribution is 7.92. The second-order valence-electron chi connectivity index (χ2n) is 8.59. The summed E-state index contributed by atoms with van der Waals surface area (Å²) in [4.78, 5) is 12.8. The van der Waals surface area contributed by atoms with Crippen molar-refractivity contribution in [2.75, 3.05) is 18.0 Å². The van der Waals surface area contributed by atoms with Gasteiger partial charge in [0.15, 0.2) is 11.5 Å². The normalized spacial score (nSPS) is 11.3. The molecule has 206 valence electrons. The molecule has 0 fully saturated rings. The molecule has 10 heteroatoms. The van der Waals surface area contributed by atoms with Gasteiger partial charge in [-0.3, -0.25) is 9.10 Å². The Labute approximate surface area is 238 Å². The highest BCUT2D eigenvalue weighted by Crippen LogP contribution is 2.29. The summed E-state index contributed by atoms with van der Waals surface area (Å²) in [6, 6.07) is 27.1. The topological polar surface area (TPSA) is 97.3 Å². The summed E-state index contributed by atoms with van der Waals surface area (Å²) in [6.45, 7) is 2.68. The summed E-state index contributed by atoms with van der Waals surface area (Å²) in [6.07, 6.45) is 1.50. The zero-order valence-corrected chi connectivity index (χ0v) is 23.5. The summed E-state index contributed by atoms with van der Waals surface area (Å²) in [5, 5.41) is 4.71. The standard InChI is InChI=1S/C30H28ClN3O5S/c1-3-38-29-19-23(11-18-28(29)39-21-22-9-14-25(31)15-10-22)20-32-33-30(35)24-12-16-26(17-13-24)34(2)40(36,37)27-7-5-4-6-8-27/h4-20H,3,21H2,1-2H3,(H,33,35)/b32-20-. The van der Waals surface area contributed by atoms with E-state index in [2.05, 4.69) is 10.5 Å². The number of halogens is 1. The van der Waals surface area contributed by atoms with Gasteiger partial charge in [0.1, 0.15) is 6.61 Å². The number of ether oxygens (including phenoxy) is 2. The maximum Gasteiger partial charge on any atom is 0.271 e. The molecule has 0 unspecified atom stereocenters. The quantitative estimate of drug-likeness (QED) is 0.177. The third-order valence-electron chi connectivity index (χ3n) is 5.85. The molecule has 4 aromatic rings. The van der Waals surface area contributed by atoms with Gasteiger partial charge in [-0.25, -0.2) is 13.8 Å². The molecule has 0 aliphatic heterocycles. The first-order valence-corrected chi connectivity index (χ1v) is 14.2. The molecule has 4 rings (SSSR count). The van der Waals surface area contributed by atoms with Gasteiger partial charge in [0.05, 0.1) is 23.4 Å². The lowest BCUT2D eigenvalue weighted by molar-refractivity contribution is 0.0955. The molecule has 0 spiro atoms. The number of nitrogens with zero attached hydrogens (tertiary/aromatic N) is 2. The number of benzene rings is 4. The van der Waals surface area contributed by atoms with Gasteiger partial charge in [-0.15, -0.1) is 0 Å². The van der Waals surface area contributed by atoms with E-state index in [-0.39, 0.29) is 4.90 Å². The number of carbonyl (C=O) groups is 1. The minimum absolute atomic E-state index is 0.183. The van der Waals surface area contributed by atoms with Gasteiger partial charge in [-0.2, -0.15) is 5.10 Å². The number of nitrogens with one attached hydrogen (secondary N) is 1. The number of hydrogen-bond donors (Lipinski definition) is 1. The molecular weight excluding hydrogens is 550 g/mol. The van der Waals surface area contributed by atoms with E-state index in [0.29, 0.717) is 46.5 Å². The van der Waals surface area contributed by atoms with Crippen LogP contribution >= 0.6 is 11.6 Å². The van der Waals surface area contributed by atoms with Crippen LogP contribution in [0.3, 0.4) is 0 Å². The fourth-order valence-electron chi connectivity index (χ4n) is 3.68. The fourth-order valence-corrected chi connectivity index (χ4v) is 5.02. The lowest BCUT2D eigenvalue weighted by Crippen LogP contribution is -2.26. The minimum Gasteiger partial charge on any atom is -0.490 e. The first kappa shape index (κ1) is 28.7. The van der Waals surface area contributed by atoms with Gasteiger partial charge in [0.25, 0.3) is 15.9 Å². The maximum absolute atomic E-state index is 12.8. The van der Waals surface area contributed by atoms with Crippen LogP contribution in [-0.2, 0) is 16.6 Å². The number of hydrogen-bond acceptors (Lipinski definition) is 6. The molecule has 1 N–H and O–H groups in total. The van der Waals surface area contributed by atoms with Crippen molar-refractivity contribution in [1.29, 1.82) is 0 Å². The average Bonchev–Trinajstić information content (AvgIpc) is 2.98. The first-order valence-electron chi connectivity index (χ1n) is 12.4. The smallest absolute Gasteiger partial charge is 0.271 e. The summed E-state index contributed by atoms with van der Waals surface area (Å²) >= 11 is 5.94. The summed E-state index contributed by atoms with van der Waals surface area (Å²) in [7, 11) is -2.25. The first-order chi connectivity index (χ1) is 19.3. The fraction of sp³-hybridized carbons (Fsp3) is 0.133. The van der Waals surface area contributed by atoms with Crippen molar-refractivity contribution < 1.29 is 22.7 Å². The molecular formula is C30H28ClN3O5S. The van der Waals surface area contributed by atoms with E-state index in [1.165, 1.54) is 41.8 Å². The molecule has 0 heterocycles. The molecule has 4 aromatic carbocycles. The molecule has 0 atom stereocenters. The number of sulfonamides is 1. The third kappa shape index (κ3) is 7.19. The van der Waals surface area contributed by atoms with Gasteiger partial charge in [0.2, 0.25) is 0 Å². The molecule has 1 amide bonds. The van der Waals surface area contributed by atoms with Crippen LogP contribution in [0, 0.1) is 0 Å². The summed E-state index contributed by atoms with van der Waals surface area (Å²) < 4.78 is 38.5. The monoisotopic (exact) mass is 577 g/mol. The van der Waals surface area contributed by atoms with Crippen molar-refractivity contribution >= 4 is 39.4 Å². The van der Waals surface area contributed by atoms with Crippen LogP contribution in [-0.4, -0.2) is 34.2 Å². The van der Waals surface area contributed by atoms with Gasteiger partial charge >= 0.3 is 0 Å². The van der Waals surface area contributed by atoms with E-state index in [1.807, 2.05) is 19.1 Å². The van der Waals surface area contributed by atoms with E-state index in [0.717, 1.165) is 5.56 Å². The molecule has 0 radical (unpaired) electrons. The van der Waals surface area contributed by atoms with Crippen molar-refractivity contribution in [3.05, 3.63) is 119 Å². The van der Waals surface area contributed by atoms with E-state index in [9.17, 15) is 13.2 Å². The van der Waals surface area contributed by atoms with Gasteiger partial charge < -0.3 is 9.47 Å². The highest BCUT2D eigenvalue weighted by atomic mass is 35.5. The molecule has 0 aliphatic carbocycles. The van der Waals surface area contributed by atoms with Gasteiger partial charge in [0, 0.05) is 17.6 Å². The van der Waals surface area contributed by atoms with E-state index in [1.54, 1.807) is 60.7 Å². The number of hydrazone groups is 1. The van der Waals surface area contributed by atoms with Crippen LogP contribution in [0.25, 0.3) is 0 Å². The van der Waals surface area contributed by atoms with E-state index >= 15 is 0 Å². The molecule has 8 nitrogen and oxygen atoms in total. The Morgan fingerprint density at radius 3 is 2.30 bits per heavy atom. The van der Waals surface area contributed by atoms with E-state index in [4.69, 9.17) is 21.1 Å². The second kappa shape index (κ2) is 13.1. The van der Waals surface area contributed by atoms with E-state index < -0.39 is 15.9 Å². The maximum atomic E-state index is 12.8. The number of anilines is 1. The van der Waals surface area contributed by atoms with Crippen LogP contribution in [0.2, 0.25) is 5.02 Å². The number of amides is 1. The molecule has 0 saturated heterocycles. The summed E-state index contributed by atoms with van der Waals surface area (Å²) in [5.41, 5.74) is 4.90. The van der Waals surface area contributed by atoms with Gasteiger partial charge in [-0.05, 0) is 84.8 Å². The zero-order valence-electron chi connectivity index (χ0n) is 22.0.